The first kappa shape index (κ1) is 19.4. The Bertz CT molecular complexity index is 1060. The first-order valence-electron chi connectivity index (χ1n) is 9.51. The summed E-state index contributed by atoms with van der Waals surface area (Å²) in [6.07, 6.45) is 0. The molecule has 1 aliphatic rings. The number of amides is 1. The zero-order valence-corrected chi connectivity index (χ0v) is 17.4. The lowest BCUT2D eigenvalue weighted by Gasteiger charge is -2.17. The van der Waals surface area contributed by atoms with E-state index in [0.29, 0.717) is 23.9 Å². The minimum atomic E-state index is -0.108. The Morgan fingerprint density at radius 1 is 1.24 bits per heavy atom. The lowest BCUT2D eigenvalue weighted by Crippen LogP contribution is -2.15. The van der Waals surface area contributed by atoms with Crippen molar-refractivity contribution in [1.29, 1.82) is 0 Å². The third kappa shape index (κ3) is 3.70. The smallest absolute Gasteiger partial charge is 0.235 e. The van der Waals surface area contributed by atoms with Gasteiger partial charge in [0.25, 0.3) is 0 Å². The number of aromatic nitrogens is 2. The molecule has 4 rings (SSSR count). The molecule has 6 nitrogen and oxygen atoms in total. The Kier molecular flexibility index (Phi) is 5.24. The van der Waals surface area contributed by atoms with Gasteiger partial charge in [-0.1, -0.05) is 23.8 Å². The number of nitrogens with zero attached hydrogens (tertiary/aromatic N) is 2. The number of aromatic hydroxyl groups is 1. The van der Waals surface area contributed by atoms with Gasteiger partial charge in [-0.3, -0.25) is 4.79 Å². The SMILES string of the molecule is CCOc1cc([C@@H]2SCC(=O)Nc3c2c(C)nn3-c2ccc(C)cc2)ccc1O. The Morgan fingerprint density at radius 2 is 2.00 bits per heavy atom. The van der Waals surface area contributed by atoms with Crippen molar-refractivity contribution < 1.29 is 14.6 Å². The molecule has 2 heterocycles. The van der Waals surface area contributed by atoms with E-state index < -0.39 is 0 Å². The van der Waals surface area contributed by atoms with E-state index in [0.717, 1.165) is 28.1 Å². The summed E-state index contributed by atoms with van der Waals surface area (Å²) in [6, 6.07) is 13.4. The standard InChI is InChI=1S/C22H23N3O3S/c1-4-28-18-11-15(7-10-17(18)26)21-20-14(3)24-25(16-8-5-13(2)6-9-16)22(20)23-19(27)12-29-21/h5-11,21,26H,4,12H2,1-3H3,(H,23,27)/t21-/m0/s1. The molecule has 3 aromatic rings. The van der Waals surface area contributed by atoms with Crippen molar-refractivity contribution in [2.24, 2.45) is 0 Å². The maximum atomic E-state index is 12.5. The van der Waals surface area contributed by atoms with Crippen molar-refractivity contribution in [1.82, 2.24) is 9.78 Å². The van der Waals surface area contributed by atoms with E-state index in [9.17, 15) is 9.90 Å². The van der Waals surface area contributed by atoms with Crippen molar-refractivity contribution in [3.05, 3.63) is 64.8 Å². The summed E-state index contributed by atoms with van der Waals surface area (Å²) < 4.78 is 7.36. The van der Waals surface area contributed by atoms with E-state index >= 15 is 0 Å². The first-order valence-corrected chi connectivity index (χ1v) is 10.6. The number of rotatable bonds is 4. The van der Waals surface area contributed by atoms with Gasteiger partial charge in [0.05, 0.1) is 29.0 Å². The normalized spacial score (nSPS) is 16.1. The number of phenols is 1. The molecule has 0 fully saturated rings. The second kappa shape index (κ2) is 7.83. The highest BCUT2D eigenvalue weighted by Crippen LogP contribution is 2.45. The minimum Gasteiger partial charge on any atom is -0.504 e. The van der Waals surface area contributed by atoms with Crippen LogP contribution in [-0.4, -0.2) is 33.2 Å². The Hall–Kier alpha value is -2.93. The number of carbonyl (C=O) groups excluding carboxylic acids is 1. The number of thioether (sulfide) groups is 1. The second-order valence-corrected chi connectivity index (χ2v) is 8.09. The van der Waals surface area contributed by atoms with E-state index in [2.05, 4.69) is 5.32 Å². The molecule has 1 aromatic heterocycles. The average Bonchev–Trinajstić information content (AvgIpc) is 2.90. The number of hydrogen-bond donors (Lipinski definition) is 2. The van der Waals surface area contributed by atoms with E-state index in [1.165, 1.54) is 0 Å². The summed E-state index contributed by atoms with van der Waals surface area (Å²) in [7, 11) is 0. The molecule has 0 bridgehead atoms. The molecule has 0 radical (unpaired) electrons. The predicted octanol–water partition coefficient (Wildman–Crippen LogP) is 4.37. The molecule has 0 saturated heterocycles. The topological polar surface area (TPSA) is 76.4 Å². The fourth-order valence-corrected chi connectivity index (χ4v) is 4.66. The fourth-order valence-electron chi connectivity index (χ4n) is 3.48. The number of benzene rings is 2. The first-order chi connectivity index (χ1) is 14.0. The van der Waals surface area contributed by atoms with Crippen LogP contribution in [0, 0.1) is 13.8 Å². The van der Waals surface area contributed by atoms with Crippen LogP contribution in [0.1, 0.15) is 34.6 Å². The summed E-state index contributed by atoms with van der Waals surface area (Å²) >= 11 is 1.54. The number of aryl methyl sites for hydroxylation is 2. The van der Waals surface area contributed by atoms with Crippen LogP contribution in [0.5, 0.6) is 11.5 Å². The van der Waals surface area contributed by atoms with Crippen LogP contribution in [0.25, 0.3) is 5.69 Å². The molecular weight excluding hydrogens is 386 g/mol. The number of carbonyl (C=O) groups is 1. The quantitative estimate of drug-likeness (QED) is 0.669. The number of fused-ring (bicyclic) bond motifs is 1. The Morgan fingerprint density at radius 3 is 2.72 bits per heavy atom. The minimum absolute atomic E-state index is 0.0594. The predicted molar refractivity (Wildman–Crippen MR) is 115 cm³/mol. The molecule has 150 valence electrons. The summed E-state index contributed by atoms with van der Waals surface area (Å²) in [6.45, 7) is 6.33. The van der Waals surface area contributed by atoms with Gasteiger partial charge in [-0.25, -0.2) is 4.68 Å². The third-order valence-electron chi connectivity index (χ3n) is 4.87. The van der Waals surface area contributed by atoms with Gasteiger partial charge < -0.3 is 15.2 Å². The van der Waals surface area contributed by atoms with E-state index in [4.69, 9.17) is 9.84 Å². The molecule has 2 N–H and O–H groups in total. The van der Waals surface area contributed by atoms with Crippen LogP contribution in [0.3, 0.4) is 0 Å². The van der Waals surface area contributed by atoms with E-state index in [1.807, 2.05) is 57.2 Å². The largest absolute Gasteiger partial charge is 0.504 e. The molecule has 29 heavy (non-hydrogen) atoms. The highest BCUT2D eigenvalue weighted by atomic mass is 32.2. The molecule has 1 atom stereocenters. The maximum absolute atomic E-state index is 12.5. The fraction of sp³-hybridized carbons (Fsp3) is 0.273. The van der Waals surface area contributed by atoms with Crippen molar-refractivity contribution in [3.63, 3.8) is 0 Å². The Balaban J connectivity index is 1.85. The van der Waals surface area contributed by atoms with Crippen molar-refractivity contribution in [2.45, 2.75) is 26.0 Å². The highest BCUT2D eigenvalue weighted by molar-refractivity contribution is 8.00. The zero-order chi connectivity index (χ0) is 20.5. The van der Waals surface area contributed by atoms with Crippen LogP contribution in [0.4, 0.5) is 5.82 Å². The number of hydrogen-bond acceptors (Lipinski definition) is 5. The number of nitrogens with one attached hydrogen (secondary N) is 1. The monoisotopic (exact) mass is 409 g/mol. The highest BCUT2D eigenvalue weighted by Gasteiger charge is 2.31. The number of phenolic OH excluding ortho intramolecular Hbond substituents is 1. The van der Waals surface area contributed by atoms with Gasteiger partial charge in [0.15, 0.2) is 11.5 Å². The van der Waals surface area contributed by atoms with Crippen molar-refractivity contribution in [2.75, 3.05) is 17.7 Å². The van der Waals surface area contributed by atoms with Gasteiger partial charge in [-0.15, -0.1) is 11.8 Å². The molecule has 0 spiro atoms. The summed E-state index contributed by atoms with van der Waals surface area (Å²) in [5.41, 5.74) is 4.83. The summed E-state index contributed by atoms with van der Waals surface area (Å²) in [5, 5.41) is 17.7. The molecule has 0 aliphatic carbocycles. The number of anilines is 1. The van der Waals surface area contributed by atoms with Crippen LogP contribution in [0.15, 0.2) is 42.5 Å². The Labute approximate surface area is 173 Å². The van der Waals surface area contributed by atoms with Crippen molar-refractivity contribution in [3.8, 4) is 17.2 Å². The van der Waals surface area contributed by atoms with Crippen LogP contribution < -0.4 is 10.1 Å². The second-order valence-electron chi connectivity index (χ2n) is 6.99. The number of ether oxygens (including phenoxy) is 1. The zero-order valence-electron chi connectivity index (χ0n) is 16.6. The molecule has 1 amide bonds. The van der Waals surface area contributed by atoms with Gasteiger partial charge in [0.1, 0.15) is 5.82 Å². The summed E-state index contributed by atoms with van der Waals surface area (Å²) in [4.78, 5) is 12.5. The molecule has 7 heteroatoms. The van der Waals surface area contributed by atoms with E-state index in [-0.39, 0.29) is 16.9 Å². The van der Waals surface area contributed by atoms with Gasteiger partial charge in [0.2, 0.25) is 5.91 Å². The van der Waals surface area contributed by atoms with Crippen molar-refractivity contribution >= 4 is 23.5 Å². The van der Waals surface area contributed by atoms with E-state index in [1.54, 1.807) is 22.5 Å². The van der Waals surface area contributed by atoms with Gasteiger partial charge in [-0.2, -0.15) is 5.10 Å². The van der Waals surface area contributed by atoms with Crippen LogP contribution in [0.2, 0.25) is 0 Å². The lowest BCUT2D eigenvalue weighted by atomic mass is 10.0. The van der Waals surface area contributed by atoms with Gasteiger partial charge in [-0.05, 0) is 50.6 Å². The maximum Gasteiger partial charge on any atom is 0.235 e. The molecule has 1 aliphatic heterocycles. The molecule has 0 unspecified atom stereocenters. The molecule has 2 aromatic carbocycles. The van der Waals surface area contributed by atoms with Gasteiger partial charge in [0, 0.05) is 5.56 Å². The third-order valence-corrected chi connectivity index (χ3v) is 6.14. The average molecular weight is 410 g/mol. The van der Waals surface area contributed by atoms with Crippen LogP contribution in [-0.2, 0) is 4.79 Å². The summed E-state index contributed by atoms with van der Waals surface area (Å²) in [5.74, 6) is 1.51. The van der Waals surface area contributed by atoms with Crippen LogP contribution >= 0.6 is 11.8 Å². The molecular formula is C22H23N3O3S. The van der Waals surface area contributed by atoms with Gasteiger partial charge >= 0.3 is 0 Å². The lowest BCUT2D eigenvalue weighted by molar-refractivity contribution is -0.113. The molecule has 0 saturated carbocycles.